The number of imidazole rings is 1. The number of benzene rings is 1. The minimum absolute atomic E-state index is 0.0473. The minimum Gasteiger partial charge on any atom is -0.383 e. The molecule has 7 heteroatoms. The maximum absolute atomic E-state index is 13.3. The van der Waals surface area contributed by atoms with Crippen molar-refractivity contribution in [2.45, 2.75) is 12.4 Å². The van der Waals surface area contributed by atoms with Gasteiger partial charge in [0.15, 0.2) is 0 Å². The number of carbonyl (C=O) groups excluding carboxylic acids is 1. The Morgan fingerprint density at radius 2 is 2.35 bits per heavy atom. The molecule has 5 nitrogen and oxygen atoms in total. The molecule has 0 radical (unpaired) electrons. The monoisotopic (exact) mass is 299 g/mol. The van der Waals surface area contributed by atoms with E-state index in [0.717, 1.165) is 0 Å². The van der Waals surface area contributed by atoms with Crippen molar-refractivity contribution in [3.63, 3.8) is 0 Å². The number of aromatic nitrogens is 2. The minimum atomic E-state index is -0.375. The standard InChI is InChI=1S/C13H15ClFN3O2/c1-20-5-4-16-13(19)8-18-11-6-9(15)2-3-10(11)17-12(18)7-14/h2-3,6H,4-5,7-8H2,1H3,(H,16,19). The largest absolute Gasteiger partial charge is 0.383 e. The van der Waals surface area contributed by atoms with E-state index in [2.05, 4.69) is 10.3 Å². The second-order valence-electron chi connectivity index (χ2n) is 4.22. The number of nitrogens with zero attached hydrogens (tertiary/aromatic N) is 2. The normalized spacial score (nSPS) is 10.9. The first-order valence-electron chi connectivity index (χ1n) is 6.12. The van der Waals surface area contributed by atoms with E-state index in [9.17, 15) is 9.18 Å². The Bertz CT molecular complexity index is 615. The van der Waals surface area contributed by atoms with Crippen molar-refractivity contribution in [2.24, 2.45) is 0 Å². The number of carbonyl (C=O) groups is 1. The van der Waals surface area contributed by atoms with Crippen LogP contribution in [-0.4, -0.2) is 35.7 Å². The second kappa shape index (κ2) is 6.67. The molecule has 1 aromatic carbocycles. The predicted octanol–water partition coefficient (Wildman–Crippen LogP) is 1.68. The Morgan fingerprint density at radius 3 is 3.05 bits per heavy atom. The first-order valence-corrected chi connectivity index (χ1v) is 6.65. The van der Waals surface area contributed by atoms with E-state index in [1.807, 2.05) is 0 Å². The molecular formula is C13H15ClFN3O2. The molecule has 0 fully saturated rings. The molecule has 0 aliphatic rings. The zero-order chi connectivity index (χ0) is 14.5. The van der Waals surface area contributed by atoms with E-state index in [-0.39, 0.29) is 24.1 Å². The predicted molar refractivity (Wildman–Crippen MR) is 74.1 cm³/mol. The zero-order valence-corrected chi connectivity index (χ0v) is 11.8. The molecule has 2 aromatic rings. The van der Waals surface area contributed by atoms with Crippen LogP contribution in [0.15, 0.2) is 18.2 Å². The Morgan fingerprint density at radius 1 is 1.55 bits per heavy atom. The third-order valence-corrected chi connectivity index (χ3v) is 3.08. The summed E-state index contributed by atoms with van der Waals surface area (Å²) in [6.07, 6.45) is 0. The summed E-state index contributed by atoms with van der Waals surface area (Å²) in [5.74, 6) is 0.118. The van der Waals surface area contributed by atoms with Gasteiger partial charge >= 0.3 is 0 Å². The molecule has 108 valence electrons. The molecule has 0 aliphatic heterocycles. The van der Waals surface area contributed by atoms with Crippen molar-refractivity contribution in [1.82, 2.24) is 14.9 Å². The summed E-state index contributed by atoms with van der Waals surface area (Å²) in [6, 6.07) is 4.25. The smallest absolute Gasteiger partial charge is 0.240 e. The summed E-state index contributed by atoms with van der Waals surface area (Å²) in [6.45, 7) is 0.908. The van der Waals surface area contributed by atoms with Gasteiger partial charge in [0.05, 0.1) is 23.5 Å². The number of halogens is 2. The lowest BCUT2D eigenvalue weighted by Crippen LogP contribution is -2.30. The van der Waals surface area contributed by atoms with Crippen LogP contribution in [0.25, 0.3) is 11.0 Å². The van der Waals surface area contributed by atoms with Crippen LogP contribution in [0.3, 0.4) is 0 Å². The molecule has 1 heterocycles. The van der Waals surface area contributed by atoms with Gasteiger partial charge in [0.2, 0.25) is 5.91 Å². The van der Waals surface area contributed by atoms with Gasteiger partial charge in [-0.15, -0.1) is 11.6 Å². The average Bonchev–Trinajstić information content (AvgIpc) is 2.77. The number of alkyl halides is 1. The maximum atomic E-state index is 13.3. The average molecular weight is 300 g/mol. The lowest BCUT2D eigenvalue weighted by atomic mass is 10.3. The van der Waals surface area contributed by atoms with Crippen LogP contribution < -0.4 is 5.32 Å². The van der Waals surface area contributed by atoms with Crippen LogP contribution in [0.2, 0.25) is 0 Å². The third-order valence-electron chi connectivity index (χ3n) is 2.84. The Labute approximate surface area is 120 Å². The molecule has 1 amide bonds. The first kappa shape index (κ1) is 14.7. The molecule has 1 aromatic heterocycles. The highest BCUT2D eigenvalue weighted by molar-refractivity contribution is 6.16. The zero-order valence-electron chi connectivity index (χ0n) is 11.0. The first-order chi connectivity index (χ1) is 9.65. The highest BCUT2D eigenvalue weighted by atomic mass is 35.5. The Balaban J connectivity index is 2.23. The van der Waals surface area contributed by atoms with Crippen LogP contribution in [0.1, 0.15) is 5.82 Å². The van der Waals surface area contributed by atoms with E-state index in [4.69, 9.17) is 16.3 Å². The molecule has 0 saturated carbocycles. The fraction of sp³-hybridized carbons (Fsp3) is 0.385. The summed E-state index contributed by atoms with van der Waals surface area (Å²) in [5.41, 5.74) is 1.18. The van der Waals surface area contributed by atoms with E-state index < -0.39 is 0 Å². The van der Waals surface area contributed by atoms with E-state index >= 15 is 0 Å². The number of fused-ring (bicyclic) bond motifs is 1. The summed E-state index contributed by atoms with van der Waals surface area (Å²) in [7, 11) is 1.56. The molecule has 0 spiro atoms. The summed E-state index contributed by atoms with van der Waals surface area (Å²) in [5, 5.41) is 2.70. The molecule has 0 bridgehead atoms. The van der Waals surface area contributed by atoms with Crippen molar-refractivity contribution in [3.05, 3.63) is 29.8 Å². The fourth-order valence-corrected chi connectivity index (χ4v) is 2.12. The lowest BCUT2D eigenvalue weighted by molar-refractivity contribution is -0.121. The molecule has 1 N–H and O–H groups in total. The molecular weight excluding hydrogens is 285 g/mol. The Hall–Kier alpha value is -1.66. The van der Waals surface area contributed by atoms with Crippen molar-refractivity contribution < 1.29 is 13.9 Å². The number of ether oxygens (including phenoxy) is 1. The molecule has 2 rings (SSSR count). The van der Waals surface area contributed by atoms with Gasteiger partial charge in [0, 0.05) is 13.7 Å². The van der Waals surface area contributed by atoms with Gasteiger partial charge in [-0.05, 0) is 18.2 Å². The summed E-state index contributed by atoms with van der Waals surface area (Å²) >= 11 is 5.82. The van der Waals surface area contributed by atoms with Crippen molar-refractivity contribution in [1.29, 1.82) is 0 Å². The molecule has 0 aliphatic carbocycles. The topological polar surface area (TPSA) is 56.1 Å². The maximum Gasteiger partial charge on any atom is 0.240 e. The number of hydrogen-bond acceptors (Lipinski definition) is 3. The number of amides is 1. The molecule has 0 saturated heterocycles. The van der Waals surface area contributed by atoms with Gasteiger partial charge in [0.1, 0.15) is 18.2 Å². The highest BCUT2D eigenvalue weighted by Crippen LogP contribution is 2.18. The SMILES string of the molecule is COCCNC(=O)Cn1c(CCl)nc2ccc(F)cc21. The second-order valence-corrected chi connectivity index (χ2v) is 4.49. The van der Waals surface area contributed by atoms with Crippen LogP contribution in [0, 0.1) is 5.82 Å². The number of nitrogens with one attached hydrogen (secondary N) is 1. The lowest BCUT2D eigenvalue weighted by Gasteiger charge is -2.08. The highest BCUT2D eigenvalue weighted by Gasteiger charge is 2.13. The van der Waals surface area contributed by atoms with Crippen LogP contribution in [-0.2, 0) is 22.0 Å². The number of methoxy groups -OCH3 is 1. The van der Waals surface area contributed by atoms with Crippen molar-refractivity contribution in [3.8, 4) is 0 Å². The fourth-order valence-electron chi connectivity index (χ4n) is 1.92. The molecule has 0 atom stereocenters. The Kier molecular flexibility index (Phi) is 4.92. The van der Waals surface area contributed by atoms with E-state index in [1.165, 1.54) is 12.1 Å². The van der Waals surface area contributed by atoms with Gasteiger partial charge in [-0.2, -0.15) is 0 Å². The van der Waals surface area contributed by atoms with Gasteiger partial charge < -0.3 is 14.6 Å². The van der Waals surface area contributed by atoms with Gasteiger partial charge in [-0.3, -0.25) is 4.79 Å². The number of rotatable bonds is 6. The van der Waals surface area contributed by atoms with Gasteiger partial charge in [-0.1, -0.05) is 0 Å². The summed E-state index contributed by atoms with van der Waals surface area (Å²) in [4.78, 5) is 16.1. The van der Waals surface area contributed by atoms with E-state index in [0.29, 0.717) is 30.0 Å². The van der Waals surface area contributed by atoms with Gasteiger partial charge in [0.25, 0.3) is 0 Å². The molecule has 20 heavy (non-hydrogen) atoms. The third kappa shape index (κ3) is 3.26. The van der Waals surface area contributed by atoms with Crippen LogP contribution in [0.4, 0.5) is 4.39 Å². The van der Waals surface area contributed by atoms with Crippen molar-refractivity contribution in [2.75, 3.05) is 20.3 Å². The van der Waals surface area contributed by atoms with E-state index in [1.54, 1.807) is 17.7 Å². The van der Waals surface area contributed by atoms with Crippen molar-refractivity contribution >= 4 is 28.5 Å². The van der Waals surface area contributed by atoms with Crippen LogP contribution >= 0.6 is 11.6 Å². The summed E-state index contributed by atoms with van der Waals surface area (Å²) < 4.78 is 19.8. The molecule has 0 unspecified atom stereocenters. The number of hydrogen-bond donors (Lipinski definition) is 1. The quantitative estimate of drug-likeness (QED) is 0.652. The van der Waals surface area contributed by atoms with Crippen LogP contribution in [0.5, 0.6) is 0 Å². The van der Waals surface area contributed by atoms with Gasteiger partial charge in [-0.25, -0.2) is 9.37 Å².